The van der Waals surface area contributed by atoms with Crippen LogP contribution in [0.5, 0.6) is 0 Å². The van der Waals surface area contributed by atoms with Crippen LogP contribution in [-0.4, -0.2) is 40.2 Å². The lowest BCUT2D eigenvalue weighted by molar-refractivity contribution is 0.00691. The van der Waals surface area contributed by atoms with Crippen molar-refractivity contribution in [2.75, 3.05) is 20.3 Å². The van der Waals surface area contributed by atoms with Gasteiger partial charge in [0.25, 0.3) is 10.0 Å². The fourth-order valence-electron chi connectivity index (χ4n) is 2.75. The highest BCUT2D eigenvalue weighted by Crippen LogP contribution is 2.33. The molecule has 1 N–H and O–H groups in total. The Balaban J connectivity index is 1.92. The van der Waals surface area contributed by atoms with E-state index in [1.807, 2.05) is 0 Å². The molecule has 160 valence electrons. The Bertz CT molecular complexity index is 1100. The molecule has 1 unspecified atom stereocenters. The highest BCUT2D eigenvalue weighted by Gasteiger charge is 2.29. The van der Waals surface area contributed by atoms with E-state index in [1.54, 1.807) is 49.6 Å². The Labute approximate surface area is 178 Å². The van der Waals surface area contributed by atoms with Crippen LogP contribution in [0.2, 0.25) is 0 Å². The number of carbonyl (C=O) groups is 1. The predicted molar refractivity (Wildman–Crippen MR) is 112 cm³/mol. The van der Waals surface area contributed by atoms with Gasteiger partial charge < -0.3 is 14.0 Å². The normalized spacial score (nSPS) is 12.8. The Hall–Kier alpha value is -2.37. The van der Waals surface area contributed by atoms with Crippen molar-refractivity contribution in [2.24, 2.45) is 0 Å². The van der Waals surface area contributed by atoms with Gasteiger partial charge in [-0.1, -0.05) is 29.4 Å². The highest BCUT2D eigenvalue weighted by atomic mass is 32.2. The third kappa shape index (κ3) is 4.85. The van der Waals surface area contributed by atoms with Crippen LogP contribution < -0.4 is 4.72 Å². The fourth-order valence-corrected chi connectivity index (χ4v) is 5.25. The Morgan fingerprint density at radius 2 is 1.93 bits per heavy atom. The van der Waals surface area contributed by atoms with E-state index >= 15 is 0 Å². The number of ether oxygens (including phenoxy) is 2. The number of sulfonamides is 1. The van der Waals surface area contributed by atoms with Crippen molar-refractivity contribution in [1.82, 2.24) is 9.88 Å². The molecule has 3 rings (SSSR count). The molecule has 0 saturated heterocycles. The van der Waals surface area contributed by atoms with E-state index in [4.69, 9.17) is 14.0 Å². The van der Waals surface area contributed by atoms with E-state index in [2.05, 4.69) is 9.88 Å². The lowest BCUT2D eigenvalue weighted by atomic mass is 10.1. The van der Waals surface area contributed by atoms with Crippen molar-refractivity contribution in [3.05, 3.63) is 58.3 Å². The van der Waals surface area contributed by atoms with Crippen molar-refractivity contribution in [3.8, 4) is 11.1 Å². The molecule has 8 nitrogen and oxygen atoms in total. The van der Waals surface area contributed by atoms with E-state index in [0.29, 0.717) is 40.3 Å². The van der Waals surface area contributed by atoms with E-state index in [9.17, 15) is 13.2 Å². The largest absolute Gasteiger partial charge is 0.382 e. The Morgan fingerprint density at radius 1 is 1.20 bits per heavy atom. The molecule has 0 aliphatic heterocycles. The summed E-state index contributed by atoms with van der Waals surface area (Å²) < 4.78 is 45.0. The number of aldehydes is 1. The minimum atomic E-state index is -3.95. The van der Waals surface area contributed by atoms with E-state index in [1.165, 1.54) is 7.11 Å². The number of methoxy groups -OCH3 is 1. The average Bonchev–Trinajstić information content (AvgIpc) is 3.36. The second-order valence-electron chi connectivity index (χ2n) is 6.48. The zero-order valence-electron chi connectivity index (χ0n) is 16.7. The maximum Gasteiger partial charge on any atom is 0.253 e. The second kappa shape index (κ2) is 9.63. The molecule has 0 amide bonds. The minimum absolute atomic E-state index is 0.138. The summed E-state index contributed by atoms with van der Waals surface area (Å²) >= 11 is 1.09. The average molecular weight is 451 g/mol. The van der Waals surface area contributed by atoms with Gasteiger partial charge in [0.05, 0.1) is 13.2 Å². The number of aromatic nitrogens is 1. The first-order chi connectivity index (χ1) is 14.4. The summed E-state index contributed by atoms with van der Waals surface area (Å²) in [6.07, 6.45) is -0.296. The summed E-state index contributed by atoms with van der Waals surface area (Å²) in [5, 5.41) is 5.66. The van der Waals surface area contributed by atoms with Crippen LogP contribution in [0.1, 0.15) is 33.6 Å². The molecule has 1 aromatic carbocycles. The van der Waals surface area contributed by atoms with Crippen molar-refractivity contribution in [2.45, 2.75) is 24.3 Å². The van der Waals surface area contributed by atoms with Gasteiger partial charge in [-0.15, -0.1) is 11.3 Å². The molecule has 30 heavy (non-hydrogen) atoms. The SMILES string of the molecule is COCCOC(NS(=O)(=O)c1sccc1-c1ccc(C=O)cc1)c1noc(C)c1C. The van der Waals surface area contributed by atoms with Gasteiger partial charge in [0.1, 0.15) is 21.9 Å². The number of nitrogens with one attached hydrogen (secondary N) is 1. The van der Waals surface area contributed by atoms with Gasteiger partial charge in [0, 0.05) is 23.8 Å². The Morgan fingerprint density at radius 3 is 2.53 bits per heavy atom. The first-order valence-corrected chi connectivity index (χ1v) is 11.4. The molecule has 2 heterocycles. The lowest BCUT2D eigenvalue weighted by Crippen LogP contribution is -2.31. The molecule has 0 radical (unpaired) electrons. The maximum absolute atomic E-state index is 13.2. The molecule has 0 bridgehead atoms. The smallest absolute Gasteiger partial charge is 0.253 e. The number of nitrogens with zero attached hydrogens (tertiary/aromatic N) is 1. The van der Waals surface area contributed by atoms with Crippen LogP contribution in [0.3, 0.4) is 0 Å². The quantitative estimate of drug-likeness (QED) is 0.286. The fraction of sp³-hybridized carbons (Fsp3) is 0.300. The summed E-state index contributed by atoms with van der Waals surface area (Å²) in [5.74, 6) is 0.580. The molecule has 3 aromatic rings. The van der Waals surface area contributed by atoms with Crippen LogP contribution in [0.15, 0.2) is 44.4 Å². The lowest BCUT2D eigenvalue weighted by Gasteiger charge is -2.18. The van der Waals surface area contributed by atoms with Crippen molar-refractivity contribution >= 4 is 27.6 Å². The monoisotopic (exact) mass is 450 g/mol. The summed E-state index contributed by atoms with van der Waals surface area (Å²) in [6.45, 7) is 3.99. The van der Waals surface area contributed by atoms with Crippen LogP contribution in [0, 0.1) is 13.8 Å². The van der Waals surface area contributed by atoms with Crippen LogP contribution in [0.4, 0.5) is 0 Å². The van der Waals surface area contributed by atoms with Gasteiger partial charge in [-0.05, 0) is 30.9 Å². The highest BCUT2D eigenvalue weighted by molar-refractivity contribution is 7.91. The summed E-state index contributed by atoms with van der Waals surface area (Å²) in [6, 6.07) is 8.43. The number of hydrogen-bond acceptors (Lipinski definition) is 8. The van der Waals surface area contributed by atoms with E-state index in [-0.39, 0.29) is 10.8 Å². The van der Waals surface area contributed by atoms with E-state index in [0.717, 1.165) is 17.6 Å². The van der Waals surface area contributed by atoms with Gasteiger partial charge in [-0.2, -0.15) is 4.72 Å². The van der Waals surface area contributed by atoms with Gasteiger partial charge in [-0.3, -0.25) is 4.79 Å². The third-order valence-corrected chi connectivity index (χ3v) is 7.39. The Kier molecular flexibility index (Phi) is 7.16. The molecule has 0 aliphatic carbocycles. The molecule has 0 saturated carbocycles. The number of benzene rings is 1. The van der Waals surface area contributed by atoms with Crippen molar-refractivity contribution in [1.29, 1.82) is 0 Å². The second-order valence-corrected chi connectivity index (χ2v) is 9.30. The van der Waals surface area contributed by atoms with Crippen LogP contribution >= 0.6 is 11.3 Å². The van der Waals surface area contributed by atoms with Gasteiger partial charge in [0.2, 0.25) is 0 Å². The summed E-state index contributed by atoms with van der Waals surface area (Å²) in [7, 11) is -2.42. The van der Waals surface area contributed by atoms with Crippen LogP contribution in [-0.2, 0) is 19.5 Å². The van der Waals surface area contributed by atoms with Crippen molar-refractivity contribution in [3.63, 3.8) is 0 Å². The van der Waals surface area contributed by atoms with Gasteiger partial charge in [0.15, 0.2) is 6.23 Å². The number of aryl methyl sites for hydroxylation is 1. The predicted octanol–water partition coefficient (Wildman–Crippen LogP) is 3.47. The molecule has 1 atom stereocenters. The number of carbonyl (C=O) groups excluding carboxylic acids is 1. The topological polar surface area (TPSA) is 108 Å². The maximum atomic E-state index is 13.2. The number of rotatable bonds is 10. The standard InChI is InChI=1S/C20H22N2O6S2/c1-13-14(2)28-21-18(13)19(27-10-9-26-3)22-30(24,25)20-17(8-11-29-20)16-6-4-15(12-23)5-7-16/h4-8,11-12,19,22H,9-10H2,1-3H3. The summed E-state index contributed by atoms with van der Waals surface area (Å²) in [5.41, 5.74) is 2.80. The van der Waals surface area contributed by atoms with Crippen LogP contribution in [0.25, 0.3) is 11.1 Å². The van der Waals surface area contributed by atoms with Crippen molar-refractivity contribution < 1.29 is 27.2 Å². The van der Waals surface area contributed by atoms with E-state index < -0.39 is 16.3 Å². The third-order valence-electron chi connectivity index (χ3n) is 4.51. The molecular formula is C20H22N2O6S2. The zero-order chi connectivity index (χ0) is 21.7. The molecular weight excluding hydrogens is 428 g/mol. The molecule has 0 fully saturated rings. The summed E-state index contributed by atoms with van der Waals surface area (Å²) in [4.78, 5) is 10.9. The molecule has 0 aliphatic rings. The molecule has 10 heteroatoms. The van der Waals surface area contributed by atoms with Gasteiger partial charge in [-0.25, -0.2) is 8.42 Å². The zero-order valence-corrected chi connectivity index (χ0v) is 18.4. The molecule has 2 aromatic heterocycles. The first kappa shape index (κ1) is 22.3. The number of thiophene rings is 1. The molecule has 0 spiro atoms. The first-order valence-electron chi connectivity index (χ1n) is 9.06. The number of hydrogen-bond donors (Lipinski definition) is 1. The van der Waals surface area contributed by atoms with Gasteiger partial charge >= 0.3 is 0 Å². The minimum Gasteiger partial charge on any atom is -0.382 e.